The Bertz CT molecular complexity index is 753. The van der Waals surface area contributed by atoms with Crippen molar-refractivity contribution in [1.29, 1.82) is 0 Å². The van der Waals surface area contributed by atoms with Gasteiger partial charge in [0.1, 0.15) is 6.04 Å². The molecule has 1 atom stereocenters. The summed E-state index contributed by atoms with van der Waals surface area (Å²) in [6.45, 7) is 1.86. The zero-order chi connectivity index (χ0) is 16.4. The highest BCUT2D eigenvalue weighted by molar-refractivity contribution is 5.95. The van der Waals surface area contributed by atoms with Gasteiger partial charge in [0.25, 0.3) is 0 Å². The predicted octanol–water partition coefficient (Wildman–Crippen LogP) is 0.372. The molecule has 0 saturated heterocycles. The number of anilines is 1. The lowest BCUT2D eigenvalue weighted by molar-refractivity contribution is -0.115. The molecule has 3 rings (SSSR count). The van der Waals surface area contributed by atoms with Crippen LogP contribution < -0.4 is 11.1 Å². The van der Waals surface area contributed by atoms with Crippen LogP contribution in [0.1, 0.15) is 30.8 Å². The Labute approximate surface area is 133 Å². The molecule has 8 heteroatoms. The second-order valence-electron chi connectivity index (χ2n) is 5.34. The van der Waals surface area contributed by atoms with Crippen molar-refractivity contribution in [3.8, 4) is 0 Å². The number of nitrogens with two attached hydrogens (primary N) is 1. The van der Waals surface area contributed by atoms with Gasteiger partial charge in [-0.1, -0.05) is 6.07 Å². The van der Waals surface area contributed by atoms with Crippen molar-refractivity contribution in [2.24, 2.45) is 5.73 Å². The number of carbonyl (C=O) groups excluding carboxylic acids is 1. The Kier molecular flexibility index (Phi) is 4.07. The zero-order valence-corrected chi connectivity index (χ0v) is 12.7. The van der Waals surface area contributed by atoms with Crippen LogP contribution in [-0.4, -0.2) is 37.4 Å². The molecule has 0 aromatic carbocycles. The Hall–Kier alpha value is -2.74. The quantitative estimate of drug-likeness (QED) is 0.733. The second kappa shape index (κ2) is 6.17. The molecule has 23 heavy (non-hydrogen) atoms. The highest BCUT2D eigenvalue weighted by atomic mass is 16.3. The van der Waals surface area contributed by atoms with E-state index < -0.39 is 11.9 Å². The van der Waals surface area contributed by atoms with Gasteiger partial charge in [-0.25, -0.2) is 4.68 Å². The molecule has 0 radical (unpaired) electrons. The number of amides is 1. The number of aliphatic hydroxyl groups is 1. The molecule has 1 unspecified atom stereocenters. The summed E-state index contributed by atoms with van der Waals surface area (Å²) in [4.78, 5) is 20.5. The van der Waals surface area contributed by atoms with E-state index in [4.69, 9.17) is 10.8 Å². The molecule has 0 spiro atoms. The molecule has 1 amide bonds. The van der Waals surface area contributed by atoms with Gasteiger partial charge in [0.05, 0.1) is 5.57 Å². The molecule has 120 valence electrons. The number of allylic oxidation sites excluding steroid dienone is 1. The molecule has 8 nitrogen and oxygen atoms in total. The van der Waals surface area contributed by atoms with Crippen LogP contribution in [0.15, 0.2) is 35.8 Å². The molecular weight excluding hydrogens is 296 g/mol. The number of pyridine rings is 1. The van der Waals surface area contributed by atoms with E-state index in [0.717, 1.165) is 5.56 Å². The number of nitrogens with zero attached hydrogens (tertiary/aromatic N) is 4. The summed E-state index contributed by atoms with van der Waals surface area (Å²) in [7, 11) is 0. The van der Waals surface area contributed by atoms with Crippen LogP contribution in [0.3, 0.4) is 0 Å². The van der Waals surface area contributed by atoms with Crippen LogP contribution in [0.4, 0.5) is 5.95 Å². The lowest BCUT2D eigenvalue weighted by atomic mass is 9.97. The Balaban J connectivity index is 2.09. The van der Waals surface area contributed by atoms with Gasteiger partial charge in [-0.05, 0) is 25.0 Å². The molecule has 0 aliphatic carbocycles. The highest BCUT2D eigenvalue weighted by Crippen LogP contribution is 2.34. The third-order valence-corrected chi connectivity index (χ3v) is 3.72. The van der Waals surface area contributed by atoms with Gasteiger partial charge in [0.2, 0.25) is 11.9 Å². The van der Waals surface area contributed by atoms with Crippen molar-refractivity contribution in [2.45, 2.75) is 25.8 Å². The largest absolute Gasteiger partial charge is 0.396 e. The van der Waals surface area contributed by atoms with Gasteiger partial charge in [-0.15, -0.1) is 0 Å². The Morgan fingerprint density at radius 2 is 2.35 bits per heavy atom. The van der Waals surface area contributed by atoms with E-state index in [0.29, 0.717) is 35.9 Å². The fourth-order valence-electron chi connectivity index (χ4n) is 2.70. The fraction of sp³-hybridized carbons (Fsp3) is 0.333. The van der Waals surface area contributed by atoms with Crippen molar-refractivity contribution in [2.75, 3.05) is 11.9 Å². The van der Waals surface area contributed by atoms with Gasteiger partial charge in [-0.2, -0.15) is 10.1 Å². The minimum atomic E-state index is -0.512. The number of nitrogens with one attached hydrogen (secondary N) is 1. The van der Waals surface area contributed by atoms with Crippen molar-refractivity contribution >= 4 is 11.9 Å². The smallest absolute Gasteiger partial charge is 0.248 e. The maximum absolute atomic E-state index is 11.9. The van der Waals surface area contributed by atoms with Crippen molar-refractivity contribution in [3.05, 3.63) is 47.2 Å². The summed E-state index contributed by atoms with van der Waals surface area (Å²) in [5.41, 5.74) is 7.47. The molecule has 3 heterocycles. The maximum atomic E-state index is 11.9. The number of primary amides is 1. The first-order chi connectivity index (χ1) is 11.1. The average molecular weight is 314 g/mol. The number of hydrogen-bond acceptors (Lipinski definition) is 6. The summed E-state index contributed by atoms with van der Waals surface area (Å²) in [6.07, 6.45) is 4.49. The highest BCUT2D eigenvalue weighted by Gasteiger charge is 2.33. The fourth-order valence-corrected chi connectivity index (χ4v) is 2.70. The molecule has 0 fully saturated rings. The van der Waals surface area contributed by atoms with E-state index in [1.165, 1.54) is 0 Å². The molecule has 2 aromatic heterocycles. The minimum absolute atomic E-state index is 0.0765. The van der Waals surface area contributed by atoms with E-state index in [9.17, 15) is 4.79 Å². The molecule has 2 aromatic rings. The summed E-state index contributed by atoms with van der Waals surface area (Å²) in [5, 5.41) is 16.5. The normalized spacial score (nSPS) is 16.9. The van der Waals surface area contributed by atoms with Gasteiger partial charge in [0, 0.05) is 31.1 Å². The number of carbonyl (C=O) groups is 1. The summed E-state index contributed by atoms with van der Waals surface area (Å²) in [6, 6.07) is 3.21. The van der Waals surface area contributed by atoms with Crippen LogP contribution >= 0.6 is 0 Å². The first-order valence-electron chi connectivity index (χ1n) is 7.35. The Morgan fingerprint density at radius 3 is 3.00 bits per heavy atom. The van der Waals surface area contributed by atoms with Gasteiger partial charge in [-0.3, -0.25) is 9.78 Å². The van der Waals surface area contributed by atoms with Crippen LogP contribution in [0.5, 0.6) is 0 Å². The van der Waals surface area contributed by atoms with Crippen LogP contribution in [0.2, 0.25) is 0 Å². The monoisotopic (exact) mass is 314 g/mol. The lowest BCUT2D eigenvalue weighted by Gasteiger charge is -2.27. The molecule has 0 saturated carbocycles. The van der Waals surface area contributed by atoms with Gasteiger partial charge < -0.3 is 16.2 Å². The van der Waals surface area contributed by atoms with Gasteiger partial charge >= 0.3 is 0 Å². The zero-order valence-electron chi connectivity index (χ0n) is 12.7. The number of hydrogen-bond donors (Lipinski definition) is 3. The van der Waals surface area contributed by atoms with E-state index in [-0.39, 0.29) is 6.61 Å². The first kappa shape index (κ1) is 15.2. The van der Waals surface area contributed by atoms with Crippen molar-refractivity contribution < 1.29 is 9.90 Å². The van der Waals surface area contributed by atoms with E-state index in [1.807, 2.05) is 6.07 Å². The third-order valence-electron chi connectivity index (χ3n) is 3.72. The SMILES string of the molecule is CC1=C(C(N)=O)C(c2cccnc2)n2nc(CCCO)nc2N1. The van der Waals surface area contributed by atoms with E-state index in [1.54, 1.807) is 30.1 Å². The number of fused-ring (bicyclic) bond motifs is 1. The van der Waals surface area contributed by atoms with Crippen LogP contribution in [-0.2, 0) is 11.2 Å². The molecule has 1 aliphatic rings. The molecule has 1 aliphatic heterocycles. The van der Waals surface area contributed by atoms with Crippen LogP contribution in [0.25, 0.3) is 0 Å². The van der Waals surface area contributed by atoms with E-state index >= 15 is 0 Å². The molecular formula is C15H18N6O2. The Morgan fingerprint density at radius 1 is 1.52 bits per heavy atom. The first-order valence-corrected chi connectivity index (χ1v) is 7.35. The second-order valence-corrected chi connectivity index (χ2v) is 5.34. The maximum Gasteiger partial charge on any atom is 0.248 e. The summed E-state index contributed by atoms with van der Waals surface area (Å²) >= 11 is 0. The summed E-state index contributed by atoms with van der Waals surface area (Å²) in [5.74, 6) is 0.644. The lowest BCUT2D eigenvalue weighted by Crippen LogP contribution is -2.31. The third kappa shape index (κ3) is 2.80. The number of aryl methyl sites for hydroxylation is 1. The summed E-state index contributed by atoms with van der Waals surface area (Å²) < 4.78 is 1.65. The van der Waals surface area contributed by atoms with Crippen molar-refractivity contribution in [3.63, 3.8) is 0 Å². The standard InChI is InChI=1S/C15H18N6O2/c1-9-12(14(16)23)13(10-4-2-6-17-8-10)21-15(18-9)19-11(20-21)5-3-7-22/h2,4,6,8,13,22H,3,5,7H2,1H3,(H2,16,23)(H,18,19,20). The van der Waals surface area contributed by atoms with Crippen LogP contribution in [0, 0.1) is 0 Å². The topological polar surface area (TPSA) is 119 Å². The minimum Gasteiger partial charge on any atom is -0.396 e. The number of aromatic nitrogens is 4. The van der Waals surface area contributed by atoms with Gasteiger partial charge in [0.15, 0.2) is 5.82 Å². The average Bonchev–Trinajstić information content (AvgIpc) is 2.94. The van der Waals surface area contributed by atoms with Crippen molar-refractivity contribution in [1.82, 2.24) is 19.7 Å². The predicted molar refractivity (Wildman–Crippen MR) is 83.3 cm³/mol. The van der Waals surface area contributed by atoms with E-state index in [2.05, 4.69) is 20.4 Å². The molecule has 4 N–H and O–H groups in total. The molecule has 0 bridgehead atoms. The number of aliphatic hydroxyl groups excluding tert-OH is 1. The number of rotatable bonds is 5.